The normalized spacial score (nSPS) is 20.8. The number of hydrogen-bond donors (Lipinski definition) is 3. The number of hydrogen-bond acceptors (Lipinski definition) is 3. The van der Waals surface area contributed by atoms with Gasteiger partial charge in [-0.15, -0.1) is 0 Å². The van der Waals surface area contributed by atoms with Gasteiger partial charge in [0, 0.05) is 17.7 Å². The predicted molar refractivity (Wildman–Crippen MR) is 75.9 cm³/mol. The minimum atomic E-state index is -0.576. The summed E-state index contributed by atoms with van der Waals surface area (Å²) in [4.78, 5) is 12.0. The fourth-order valence-electron chi connectivity index (χ4n) is 2.54. The van der Waals surface area contributed by atoms with Crippen molar-refractivity contribution in [3.63, 3.8) is 0 Å². The molecule has 1 heterocycles. The maximum Gasteiger partial charge on any atom is 0.224 e. The van der Waals surface area contributed by atoms with Crippen molar-refractivity contribution in [3.05, 3.63) is 29.8 Å². The number of carbonyl (C=O) groups is 1. The third-order valence-corrected chi connectivity index (χ3v) is 3.56. The summed E-state index contributed by atoms with van der Waals surface area (Å²) in [5.41, 5.74) is 1.48. The van der Waals surface area contributed by atoms with Gasteiger partial charge < -0.3 is 15.7 Å². The Morgan fingerprint density at radius 3 is 3.00 bits per heavy atom. The summed E-state index contributed by atoms with van der Waals surface area (Å²) in [6, 6.07) is 7.40. The molecule has 0 saturated carbocycles. The van der Waals surface area contributed by atoms with Gasteiger partial charge in [0.15, 0.2) is 0 Å². The van der Waals surface area contributed by atoms with Crippen molar-refractivity contribution in [2.24, 2.45) is 5.92 Å². The Kier molecular flexibility index (Phi) is 4.93. The van der Waals surface area contributed by atoms with Gasteiger partial charge >= 0.3 is 0 Å². The molecule has 19 heavy (non-hydrogen) atoms. The highest BCUT2D eigenvalue weighted by Crippen LogP contribution is 2.23. The highest BCUT2D eigenvalue weighted by atomic mass is 16.3. The summed E-state index contributed by atoms with van der Waals surface area (Å²) in [7, 11) is 0. The molecule has 1 fully saturated rings. The third-order valence-electron chi connectivity index (χ3n) is 3.56. The maximum absolute atomic E-state index is 12.0. The first-order valence-electron chi connectivity index (χ1n) is 6.94. The largest absolute Gasteiger partial charge is 0.389 e. The molecule has 0 aliphatic carbocycles. The first kappa shape index (κ1) is 14.0. The van der Waals surface area contributed by atoms with Crippen molar-refractivity contribution >= 4 is 11.6 Å². The molecular formula is C15H22N2O2. The van der Waals surface area contributed by atoms with E-state index in [1.807, 2.05) is 24.3 Å². The molecule has 0 radical (unpaired) electrons. The van der Waals surface area contributed by atoms with Crippen LogP contribution < -0.4 is 10.6 Å². The van der Waals surface area contributed by atoms with Crippen molar-refractivity contribution in [1.29, 1.82) is 0 Å². The van der Waals surface area contributed by atoms with E-state index in [-0.39, 0.29) is 5.91 Å². The molecule has 2 atom stereocenters. The number of amides is 1. The Hall–Kier alpha value is -1.39. The topological polar surface area (TPSA) is 61.4 Å². The van der Waals surface area contributed by atoms with Gasteiger partial charge in [-0.05, 0) is 44.8 Å². The molecule has 3 N–H and O–H groups in total. The van der Waals surface area contributed by atoms with E-state index >= 15 is 0 Å². The molecule has 1 aliphatic heterocycles. The second kappa shape index (κ2) is 6.68. The number of aliphatic hydroxyl groups excluding tert-OH is 1. The first-order chi connectivity index (χ1) is 9.16. The Labute approximate surface area is 114 Å². The molecule has 104 valence electrons. The molecule has 0 aromatic heterocycles. The zero-order valence-electron chi connectivity index (χ0n) is 11.4. The van der Waals surface area contributed by atoms with E-state index in [4.69, 9.17) is 0 Å². The number of nitrogens with one attached hydrogen (secondary N) is 2. The Bertz CT molecular complexity index is 426. The molecule has 0 spiro atoms. The van der Waals surface area contributed by atoms with Crippen molar-refractivity contribution < 1.29 is 9.90 Å². The van der Waals surface area contributed by atoms with Crippen molar-refractivity contribution in [3.8, 4) is 0 Å². The summed E-state index contributed by atoms with van der Waals surface area (Å²) in [6.45, 7) is 3.69. The summed E-state index contributed by atoms with van der Waals surface area (Å²) in [5, 5.41) is 15.9. The smallest absolute Gasteiger partial charge is 0.224 e. The lowest BCUT2D eigenvalue weighted by Crippen LogP contribution is -2.32. The Morgan fingerprint density at radius 2 is 2.32 bits per heavy atom. The molecule has 1 aromatic rings. The number of carbonyl (C=O) groups excluding carboxylic acids is 1. The van der Waals surface area contributed by atoms with Gasteiger partial charge in [-0.25, -0.2) is 0 Å². The van der Waals surface area contributed by atoms with Crippen LogP contribution in [0.15, 0.2) is 24.3 Å². The van der Waals surface area contributed by atoms with Crippen LogP contribution in [0.4, 0.5) is 5.69 Å². The lowest BCUT2D eigenvalue weighted by molar-refractivity contribution is -0.117. The minimum Gasteiger partial charge on any atom is -0.389 e. The number of anilines is 1. The van der Waals surface area contributed by atoms with Gasteiger partial charge in [-0.3, -0.25) is 4.79 Å². The molecule has 2 rings (SSSR count). The minimum absolute atomic E-state index is 0.0294. The van der Waals surface area contributed by atoms with Crippen LogP contribution in [-0.4, -0.2) is 24.1 Å². The monoisotopic (exact) mass is 262 g/mol. The van der Waals surface area contributed by atoms with Crippen LogP contribution in [0.25, 0.3) is 0 Å². The van der Waals surface area contributed by atoms with Gasteiger partial charge in [0.1, 0.15) is 0 Å². The maximum atomic E-state index is 12.0. The van der Waals surface area contributed by atoms with Crippen LogP contribution in [0.1, 0.15) is 37.9 Å². The number of piperidine rings is 1. The summed E-state index contributed by atoms with van der Waals surface area (Å²) in [5.74, 6) is 0.453. The molecule has 4 nitrogen and oxygen atoms in total. The molecular weight excluding hydrogens is 240 g/mol. The molecule has 0 bridgehead atoms. The molecule has 1 aromatic carbocycles. The van der Waals surface area contributed by atoms with Crippen LogP contribution in [0.2, 0.25) is 0 Å². The van der Waals surface area contributed by atoms with E-state index in [1.165, 1.54) is 0 Å². The second-order valence-corrected chi connectivity index (χ2v) is 5.23. The van der Waals surface area contributed by atoms with Gasteiger partial charge in [-0.2, -0.15) is 0 Å². The lowest BCUT2D eigenvalue weighted by atomic mass is 9.96. The zero-order chi connectivity index (χ0) is 13.7. The predicted octanol–water partition coefficient (Wildman–Crippen LogP) is 2.07. The first-order valence-corrected chi connectivity index (χ1v) is 6.94. The molecule has 1 aliphatic rings. The number of aliphatic hydroxyl groups is 1. The summed E-state index contributed by atoms with van der Waals surface area (Å²) in [6.07, 6.45) is 2.22. The van der Waals surface area contributed by atoms with Gasteiger partial charge in [0.2, 0.25) is 5.91 Å². The van der Waals surface area contributed by atoms with Gasteiger partial charge in [0.25, 0.3) is 0 Å². The van der Waals surface area contributed by atoms with E-state index in [0.29, 0.717) is 18.0 Å². The van der Waals surface area contributed by atoms with Gasteiger partial charge in [0.05, 0.1) is 6.10 Å². The average molecular weight is 262 g/mol. The van der Waals surface area contributed by atoms with E-state index < -0.39 is 6.10 Å². The van der Waals surface area contributed by atoms with Gasteiger partial charge in [-0.1, -0.05) is 18.2 Å². The summed E-state index contributed by atoms with van der Waals surface area (Å²) >= 11 is 0. The second-order valence-electron chi connectivity index (χ2n) is 5.23. The summed E-state index contributed by atoms with van der Waals surface area (Å²) < 4.78 is 0. The number of rotatable bonds is 4. The van der Waals surface area contributed by atoms with E-state index in [0.717, 1.165) is 31.5 Å². The van der Waals surface area contributed by atoms with E-state index in [2.05, 4.69) is 10.6 Å². The highest BCUT2D eigenvalue weighted by molar-refractivity contribution is 5.91. The quantitative estimate of drug-likeness (QED) is 0.778. The van der Waals surface area contributed by atoms with Crippen LogP contribution in [0.3, 0.4) is 0 Å². The fourth-order valence-corrected chi connectivity index (χ4v) is 2.54. The third kappa shape index (κ3) is 4.04. The standard InChI is InChI=1S/C15H22N2O2/c1-11(18)13-6-2-3-7-14(13)17-15(19)9-12-5-4-8-16-10-12/h2-3,6-7,11-12,16,18H,4-5,8-10H2,1H3,(H,17,19). The highest BCUT2D eigenvalue weighted by Gasteiger charge is 2.17. The van der Waals surface area contributed by atoms with E-state index in [9.17, 15) is 9.90 Å². The lowest BCUT2D eigenvalue weighted by Gasteiger charge is -2.22. The van der Waals surface area contributed by atoms with Crippen LogP contribution in [0.5, 0.6) is 0 Å². The Balaban J connectivity index is 1.94. The van der Waals surface area contributed by atoms with E-state index in [1.54, 1.807) is 6.92 Å². The Morgan fingerprint density at radius 1 is 1.53 bits per heavy atom. The van der Waals surface area contributed by atoms with Crippen LogP contribution in [-0.2, 0) is 4.79 Å². The molecule has 1 amide bonds. The average Bonchev–Trinajstić information content (AvgIpc) is 2.40. The molecule has 4 heteroatoms. The van der Waals surface area contributed by atoms with Crippen LogP contribution >= 0.6 is 0 Å². The number of benzene rings is 1. The molecule has 1 saturated heterocycles. The van der Waals surface area contributed by atoms with Crippen molar-refractivity contribution in [1.82, 2.24) is 5.32 Å². The molecule has 2 unspecified atom stereocenters. The fraction of sp³-hybridized carbons (Fsp3) is 0.533. The van der Waals surface area contributed by atoms with Crippen molar-refractivity contribution in [2.75, 3.05) is 18.4 Å². The SMILES string of the molecule is CC(O)c1ccccc1NC(=O)CC1CCCNC1. The zero-order valence-corrected chi connectivity index (χ0v) is 11.4. The number of para-hydroxylation sites is 1. The van der Waals surface area contributed by atoms with Crippen molar-refractivity contribution in [2.45, 2.75) is 32.3 Å². The van der Waals surface area contributed by atoms with Crippen LogP contribution in [0, 0.1) is 5.92 Å².